The maximum absolute atomic E-state index is 12.3. The summed E-state index contributed by atoms with van der Waals surface area (Å²) in [4.78, 5) is 25.5. The van der Waals surface area contributed by atoms with Gasteiger partial charge in [-0.25, -0.2) is 0 Å². The number of carbonyl (C=O) groups is 2. The van der Waals surface area contributed by atoms with Crippen molar-refractivity contribution in [3.8, 4) is 0 Å². The van der Waals surface area contributed by atoms with Crippen molar-refractivity contribution < 1.29 is 14.7 Å². The Morgan fingerprint density at radius 3 is 2.57 bits per heavy atom. The number of rotatable bonds is 5. The third-order valence-electron chi connectivity index (χ3n) is 4.08. The smallest absolute Gasteiger partial charge is 0.308 e. The van der Waals surface area contributed by atoms with Crippen molar-refractivity contribution in [2.24, 2.45) is 5.92 Å². The van der Waals surface area contributed by atoms with Crippen molar-refractivity contribution in [2.45, 2.75) is 24.5 Å². The highest BCUT2D eigenvalue weighted by atomic mass is 32.2. The fourth-order valence-corrected chi connectivity index (χ4v) is 3.06. The first-order chi connectivity index (χ1) is 10.0. The Bertz CT molecular complexity index is 506. The molecule has 0 radical (unpaired) electrons. The van der Waals surface area contributed by atoms with Crippen molar-refractivity contribution in [3.63, 3.8) is 0 Å². The summed E-state index contributed by atoms with van der Waals surface area (Å²) in [7, 11) is 0. The van der Waals surface area contributed by atoms with E-state index in [-0.39, 0.29) is 17.1 Å². The van der Waals surface area contributed by atoms with E-state index in [1.54, 1.807) is 16.7 Å². The van der Waals surface area contributed by atoms with Gasteiger partial charge in [0.15, 0.2) is 0 Å². The summed E-state index contributed by atoms with van der Waals surface area (Å²) in [5, 5.41) is 9.69. The van der Waals surface area contributed by atoms with Gasteiger partial charge in [-0.3, -0.25) is 9.59 Å². The van der Waals surface area contributed by atoms with E-state index >= 15 is 0 Å². The summed E-state index contributed by atoms with van der Waals surface area (Å²) in [5.41, 5.74) is 0.998. The molecular formula is C16H21NO3S. The molecular weight excluding hydrogens is 286 g/mol. The molecule has 0 aliphatic carbocycles. The number of hydrogen-bond acceptors (Lipinski definition) is 3. The zero-order valence-electron chi connectivity index (χ0n) is 12.4. The first-order valence-corrected chi connectivity index (χ1v) is 8.40. The molecule has 1 aromatic rings. The molecule has 0 saturated carbocycles. The second-order valence-electron chi connectivity index (χ2n) is 5.51. The second kappa shape index (κ2) is 6.98. The van der Waals surface area contributed by atoms with Gasteiger partial charge in [0.2, 0.25) is 5.91 Å². The van der Waals surface area contributed by atoms with Crippen LogP contribution in [0.4, 0.5) is 0 Å². The van der Waals surface area contributed by atoms with Crippen molar-refractivity contribution in [1.29, 1.82) is 0 Å². The van der Waals surface area contributed by atoms with Gasteiger partial charge in [0.25, 0.3) is 0 Å². The van der Waals surface area contributed by atoms with Crippen LogP contribution in [0, 0.1) is 5.92 Å². The first kappa shape index (κ1) is 15.9. The van der Waals surface area contributed by atoms with E-state index in [0.29, 0.717) is 19.5 Å². The van der Waals surface area contributed by atoms with Crippen LogP contribution >= 0.6 is 11.8 Å². The molecule has 2 rings (SSSR count). The van der Waals surface area contributed by atoms with Crippen LogP contribution in [0.1, 0.15) is 24.8 Å². The third kappa shape index (κ3) is 3.79. The van der Waals surface area contributed by atoms with Crippen molar-refractivity contribution in [2.75, 3.05) is 19.3 Å². The molecule has 21 heavy (non-hydrogen) atoms. The zero-order chi connectivity index (χ0) is 15.4. The van der Waals surface area contributed by atoms with E-state index in [9.17, 15) is 14.7 Å². The van der Waals surface area contributed by atoms with Crippen LogP contribution in [-0.4, -0.2) is 46.5 Å². The van der Waals surface area contributed by atoms with E-state index in [2.05, 4.69) is 0 Å². The third-order valence-corrected chi connectivity index (χ3v) is 5.05. The second-order valence-corrected chi connectivity index (χ2v) is 6.79. The Morgan fingerprint density at radius 1 is 1.33 bits per heavy atom. The van der Waals surface area contributed by atoms with Gasteiger partial charge in [-0.2, -0.15) is 11.8 Å². The summed E-state index contributed by atoms with van der Waals surface area (Å²) < 4.78 is 0. The first-order valence-electron chi connectivity index (χ1n) is 7.11. The van der Waals surface area contributed by atoms with Crippen LogP contribution < -0.4 is 0 Å². The average molecular weight is 307 g/mol. The van der Waals surface area contributed by atoms with Crippen molar-refractivity contribution >= 4 is 23.6 Å². The molecule has 114 valence electrons. The molecule has 1 unspecified atom stereocenters. The monoisotopic (exact) mass is 307 g/mol. The van der Waals surface area contributed by atoms with Crippen LogP contribution in [0.25, 0.3) is 0 Å². The number of thioether (sulfide) groups is 1. The van der Waals surface area contributed by atoms with E-state index in [1.807, 2.05) is 43.5 Å². The number of carboxylic acids is 1. The van der Waals surface area contributed by atoms with Gasteiger partial charge in [-0.1, -0.05) is 37.3 Å². The number of aliphatic carboxylic acids is 1. The van der Waals surface area contributed by atoms with E-state index in [1.165, 1.54) is 0 Å². The molecule has 4 nitrogen and oxygen atoms in total. The predicted molar refractivity (Wildman–Crippen MR) is 84.5 cm³/mol. The molecule has 0 spiro atoms. The van der Waals surface area contributed by atoms with E-state index < -0.39 is 11.9 Å². The van der Waals surface area contributed by atoms with Crippen molar-refractivity contribution in [1.82, 2.24) is 4.90 Å². The highest BCUT2D eigenvalue weighted by Gasteiger charge is 2.40. The maximum Gasteiger partial charge on any atom is 0.308 e. The lowest BCUT2D eigenvalue weighted by atomic mass is 9.89. The van der Waals surface area contributed by atoms with Crippen LogP contribution in [0.2, 0.25) is 0 Å². The largest absolute Gasteiger partial charge is 0.481 e. The molecule has 1 saturated heterocycles. The SMILES string of the molecule is CSC(C)CC(=O)N1C[C@H](C(=O)O)[C@H](c2ccccc2)C1. The summed E-state index contributed by atoms with van der Waals surface area (Å²) in [6.45, 7) is 2.83. The molecule has 1 aliphatic rings. The molecule has 1 fully saturated rings. The van der Waals surface area contributed by atoms with Gasteiger partial charge in [-0.15, -0.1) is 0 Å². The fraction of sp³-hybridized carbons (Fsp3) is 0.500. The molecule has 3 atom stereocenters. The minimum Gasteiger partial charge on any atom is -0.481 e. The Labute approximate surface area is 129 Å². The van der Waals surface area contributed by atoms with Crippen molar-refractivity contribution in [3.05, 3.63) is 35.9 Å². The summed E-state index contributed by atoms with van der Waals surface area (Å²) in [6, 6.07) is 9.62. The molecule has 1 aliphatic heterocycles. The fourth-order valence-electron chi connectivity index (χ4n) is 2.75. The molecule has 0 aromatic heterocycles. The molecule has 1 amide bonds. The van der Waals surface area contributed by atoms with E-state index in [0.717, 1.165) is 5.56 Å². The number of carboxylic acid groups (broad SMARTS) is 1. The number of carbonyl (C=O) groups excluding carboxylic acids is 1. The summed E-state index contributed by atoms with van der Waals surface area (Å²) >= 11 is 1.65. The number of likely N-dealkylation sites (tertiary alicyclic amines) is 1. The Balaban J connectivity index is 2.12. The molecule has 1 aromatic carbocycles. The number of amides is 1. The lowest BCUT2D eigenvalue weighted by molar-refractivity contribution is -0.141. The molecule has 1 N–H and O–H groups in total. The van der Waals surface area contributed by atoms with Crippen LogP contribution in [0.5, 0.6) is 0 Å². The summed E-state index contributed by atoms with van der Waals surface area (Å²) in [6.07, 6.45) is 2.45. The molecule has 0 bridgehead atoms. The minimum atomic E-state index is -0.822. The summed E-state index contributed by atoms with van der Waals surface area (Å²) in [5.74, 6) is -1.39. The lowest BCUT2D eigenvalue weighted by Crippen LogP contribution is -2.31. The molecule has 5 heteroatoms. The van der Waals surface area contributed by atoms with Gasteiger partial charge in [-0.05, 0) is 11.8 Å². The number of nitrogens with zero attached hydrogens (tertiary/aromatic N) is 1. The standard InChI is InChI=1S/C16H21NO3S/c1-11(21-2)8-15(18)17-9-13(14(10-17)16(19)20)12-6-4-3-5-7-12/h3-7,11,13-14H,8-10H2,1-2H3,(H,19,20)/t11?,13-,14-/m0/s1. The van der Waals surface area contributed by atoms with Gasteiger partial charge in [0, 0.05) is 30.7 Å². The highest BCUT2D eigenvalue weighted by Crippen LogP contribution is 2.33. The Morgan fingerprint density at radius 2 is 2.00 bits per heavy atom. The quantitative estimate of drug-likeness (QED) is 0.908. The van der Waals surface area contributed by atoms with Gasteiger partial charge in [0.1, 0.15) is 0 Å². The maximum atomic E-state index is 12.3. The van der Waals surface area contributed by atoms with Crippen LogP contribution in [0.15, 0.2) is 30.3 Å². The highest BCUT2D eigenvalue weighted by molar-refractivity contribution is 7.99. The Hall–Kier alpha value is -1.49. The lowest BCUT2D eigenvalue weighted by Gasteiger charge is -2.18. The topological polar surface area (TPSA) is 57.6 Å². The number of hydrogen-bond donors (Lipinski definition) is 1. The normalized spacial score (nSPS) is 23.0. The van der Waals surface area contributed by atoms with Crippen LogP contribution in [0.3, 0.4) is 0 Å². The average Bonchev–Trinajstić information content (AvgIpc) is 2.93. The van der Waals surface area contributed by atoms with Gasteiger partial charge >= 0.3 is 5.97 Å². The predicted octanol–water partition coefficient (Wildman–Crippen LogP) is 2.45. The van der Waals surface area contributed by atoms with Gasteiger partial charge in [0.05, 0.1) is 5.92 Å². The zero-order valence-corrected chi connectivity index (χ0v) is 13.2. The number of benzene rings is 1. The van der Waals surface area contributed by atoms with E-state index in [4.69, 9.17) is 0 Å². The minimum absolute atomic E-state index is 0.0570. The Kier molecular flexibility index (Phi) is 5.28. The van der Waals surface area contributed by atoms with Crippen LogP contribution in [-0.2, 0) is 9.59 Å². The van der Waals surface area contributed by atoms with Gasteiger partial charge < -0.3 is 10.0 Å². The molecule has 1 heterocycles.